The first-order chi connectivity index (χ1) is 6.81. The number of fused-ring (bicyclic) bond motifs is 1. The first-order valence-electron chi connectivity index (χ1n) is 4.70. The van der Waals surface area contributed by atoms with Gasteiger partial charge in [0.1, 0.15) is 5.82 Å². The quantitative estimate of drug-likeness (QED) is 0.725. The fourth-order valence-electron chi connectivity index (χ4n) is 1.64. The molecule has 5 heteroatoms. The van der Waals surface area contributed by atoms with Crippen LogP contribution in [-0.4, -0.2) is 32.7 Å². The summed E-state index contributed by atoms with van der Waals surface area (Å²) in [7, 11) is 0. The van der Waals surface area contributed by atoms with E-state index in [4.69, 9.17) is 0 Å². The minimum absolute atomic E-state index is 0.175. The van der Waals surface area contributed by atoms with E-state index in [1.54, 1.807) is 6.20 Å². The largest absolute Gasteiger partial charge is 0.333 e. The molecule has 0 aromatic carbocycles. The van der Waals surface area contributed by atoms with Gasteiger partial charge in [-0.3, -0.25) is 4.79 Å². The van der Waals surface area contributed by atoms with Gasteiger partial charge in [0.05, 0.1) is 6.54 Å². The van der Waals surface area contributed by atoms with Crippen molar-refractivity contribution >= 4 is 18.5 Å². The number of imidazole rings is 1. The average Bonchev–Trinajstić information content (AvgIpc) is 2.64. The molecule has 14 heavy (non-hydrogen) atoms. The monoisotopic (exact) mass is 211 g/mol. The Hall–Kier alpha value is -0.970. The molecule has 0 N–H and O–H groups in total. The molecule has 1 aliphatic heterocycles. The van der Waals surface area contributed by atoms with E-state index < -0.39 is 0 Å². The molecule has 1 amide bonds. The van der Waals surface area contributed by atoms with Crippen LogP contribution in [0.5, 0.6) is 0 Å². The molecule has 0 radical (unpaired) electrons. The molecular weight excluding hydrogens is 198 g/mol. The molecule has 0 fully saturated rings. The van der Waals surface area contributed by atoms with Crippen molar-refractivity contribution in [2.24, 2.45) is 0 Å². The summed E-state index contributed by atoms with van der Waals surface area (Å²) in [5.41, 5.74) is 0. The van der Waals surface area contributed by atoms with E-state index in [1.807, 2.05) is 11.1 Å². The van der Waals surface area contributed by atoms with Gasteiger partial charge in [0, 0.05) is 31.9 Å². The van der Waals surface area contributed by atoms with Gasteiger partial charge < -0.3 is 9.47 Å². The normalized spacial score (nSPS) is 15.4. The lowest BCUT2D eigenvalue weighted by atomic mass is 10.3. The van der Waals surface area contributed by atoms with Gasteiger partial charge in [-0.05, 0) is 5.75 Å². The van der Waals surface area contributed by atoms with Crippen LogP contribution < -0.4 is 0 Å². The van der Waals surface area contributed by atoms with Crippen LogP contribution in [0.15, 0.2) is 12.4 Å². The van der Waals surface area contributed by atoms with Crippen LogP contribution in [0.1, 0.15) is 12.2 Å². The van der Waals surface area contributed by atoms with Gasteiger partial charge in [0.25, 0.3) is 0 Å². The molecule has 2 rings (SSSR count). The van der Waals surface area contributed by atoms with Gasteiger partial charge in [-0.15, -0.1) is 0 Å². The Bertz CT molecular complexity index is 337. The predicted molar refractivity (Wildman–Crippen MR) is 56.1 cm³/mol. The fourth-order valence-corrected chi connectivity index (χ4v) is 1.83. The lowest BCUT2D eigenvalue weighted by Gasteiger charge is -2.27. The molecule has 0 saturated carbocycles. The zero-order chi connectivity index (χ0) is 9.97. The molecule has 4 nitrogen and oxygen atoms in total. The third-order valence-corrected chi connectivity index (χ3v) is 2.65. The highest BCUT2D eigenvalue weighted by molar-refractivity contribution is 7.80. The maximum absolute atomic E-state index is 11.6. The average molecular weight is 211 g/mol. The number of hydrogen-bond donors (Lipinski definition) is 1. The highest BCUT2D eigenvalue weighted by Crippen LogP contribution is 2.11. The van der Waals surface area contributed by atoms with Crippen molar-refractivity contribution in [2.45, 2.75) is 19.5 Å². The number of hydrogen-bond acceptors (Lipinski definition) is 3. The molecular formula is C9H13N3OS. The molecule has 2 heterocycles. The second kappa shape index (κ2) is 4.04. The van der Waals surface area contributed by atoms with Crippen molar-refractivity contribution in [3.63, 3.8) is 0 Å². The van der Waals surface area contributed by atoms with Crippen molar-refractivity contribution in [3.8, 4) is 0 Å². The van der Waals surface area contributed by atoms with Gasteiger partial charge in [-0.25, -0.2) is 4.98 Å². The van der Waals surface area contributed by atoms with Gasteiger partial charge in [-0.2, -0.15) is 12.6 Å². The Labute approximate surface area is 88.3 Å². The number of thiol groups is 1. The van der Waals surface area contributed by atoms with Crippen molar-refractivity contribution in [1.82, 2.24) is 14.5 Å². The van der Waals surface area contributed by atoms with E-state index in [9.17, 15) is 4.79 Å². The SMILES string of the molecule is O=C(CCS)N1CCn2ccnc2C1. The van der Waals surface area contributed by atoms with Crippen molar-refractivity contribution in [2.75, 3.05) is 12.3 Å². The molecule has 0 unspecified atom stereocenters. The smallest absolute Gasteiger partial charge is 0.223 e. The Kier molecular flexibility index (Phi) is 2.77. The summed E-state index contributed by atoms with van der Waals surface area (Å²) >= 11 is 4.05. The van der Waals surface area contributed by atoms with Crippen LogP contribution in [0.25, 0.3) is 0 Å². The van der Waals surface area contributed by atoms with E-state index in [-0.39, 0.29) is 5.91 Å². The standard InChI is InChI=1S/C9H13N3OS/c13-9(1-6-14)12-5-4-11-3-2-10-8(11)7-12/h2-3,14H,1,4-7H2. The first-order valence-corrected chi connectivity index (χ1v) is 5.33. The lowest BCUT2D eigenvalue weighted by Crippen LogP contribution is -2.38. The summed E-state index contributed by atoms with van der Waals surface area (Å²) in [6.45, 7) is 2.28. The summed E-state index contributed by atoms with van der Waals surface area (Å²) in [6.07, 6.45) is 4.25. The molecule has 0 saturated heterocycles. The summed E-state index contributed by atoms with van der Waals surface area (Å²) in [5.74, 6) is 1.77. The van der Waals surface area contributed by atoms with E-state index in [0.717, 1.165) is 18.9 Å². The van der Waals surface area contributed by atoms with Crippen molar-refractivity contribution < 1.29 is 4.79 Å². The fraction of sp³-hybridized carbons (Fsp3) is 0.556. The van der Waals surface area contributed by atoms with Crippen LogP contribution >= 0.6 is 12.6 Å². The zero-order valence-electron chi connectivity index (χ0n) is 7.89. The van der Waals surface area contributed by atoms with Gasteiger partial charge in [-0.1, -0.05) is 0 Å². The molecule has 76 valence electrons. The second-order valence-corrected chi connectivity index (χ2v) is 3.77. The van der Waals surface area contributed by atoms with Crippen LogP contribution in [0, 0.1) is 0 Å². The van der Waals surface area contributed by atoms with E-state index >= 15 is 0 Å². The van der Waals surface area contributed by atoms with Crippen molar-refractivity contribution in [3.05, 3.63) is 18.2 Å². The first kappa shape index (κ1) is 9.58. The second-order valence-electron chi connectivity index (χ2n) is 3.33. The van der Waals surface area contributed by atoms with Gasteiger partial charge >= 0.3 is 0 Å². The molecule has 1 aromatic heterocycles. The summed E-state index contributed by atoms with van der Waals surface area (Å²) < 4.78 is 2.09. The highest BCUT2D eigenvalue weighted by Gasteiger charge is 2.19. The summed E-state index contributed by atoms with van der Waals surface area (Å²) in [5, 5.41) is 0. The van der Waals surface area contributed by atoms with Crippen LogP contribution in [-0.2, 0) is 17.9 Å². The molecule has 1 aromatic rings. The Morgan fingerprint density at radius 2 is 2.43 bits per heavy atom. The molecule has 1 aliphatic rings. The number of amides is 1. The molecule has 0 aliphatic carbocycles. The minimum Gasteiger partial charge on any atom is -0.333 e. The van der Waals surface area contributed by atoms with E-state index in [2.05, 4.69) is 22.2 Å². The Morgan fingerprint density at radius 1 is 1.57 bits per heavy atom. The van der Waals surface area contributed by atoms with Crippen LogP contribution in [0.4, 0.5) is 0 Å². The third kappa shape index (κ3) is 1.77. The number of aromatic nitrogens is 2. The number of rotatable bonds is 2. The third-order valence-electron chi connectivity index (χ3n) is 2.42. The molecule has 0 bridgehead atoms. The Balaban J connectivity index is 2.04. The number of nitrogens with zero attached hydrogens (tertiary/aromatic N) is 3. The number of carbonyl (C=O) groups excluding carboxylic acids is 1. The maximum Gasteiger partial charge on any atom is 0.223 e. The van der Waals surface area contributed by atoms with Crippen molar-refractivity contribution in [1.29, 1.82) is 0 Å². The highest BCUT2D eigenvalue weighted by atomic mass is 32.1. The van der Waals surface area contributed by atoms with Gasteiger partial charge in [0.2, 0.25) is 5.91 Å². The topological polar surface area (TPSA) is 38.1 Å². The molecule has 0 atom stereocenters. The van der Waals surface area contributed by atoms with Crippen LogP contribution in [0.3, 0.4) is 0 Å². The lowest BCUT2D eigenvalue weighted by molar-refractivity contribution is -0.132. The zero-order valence-corrected chi connectivity index (χ0v) is 8.78. The van der Waals surface area contributed by atoms with Gasteiger partial charge in [0.15, 0.2) is 0 Å². The predicted octanol–water partition coefficient (Wildman–Crippen LogP) is 0.545. The Morgan fingerprint density at radius 3 is 3.21 bits per heavy atom. The molecule has 0 spiro atoms. The summed E-state index contributed by atoms with van der Waals surface area (Å²) in [4.78, 5) is 17.6. The minimum atomic E-state index is 0.175. The van der Waals surface area contributed by atoms with Crippen LogP contribution in [0.2, 0.25) is 0 Å². The van der Waals surface area contributed by atoms with E-state index in [0.29, 0.717) is 18.7 Å². The van der Waals surface area contributed by atoms with E-state index in [1.165, 1.54) is 0 Å². The maximum atomic E-state index is 11.6. The summed E-state index contributed by atoms with van der Waals surface area (Å²) in [6, 6.07) is 0. The number of carbonyl (C=O) groups is 1.